The Morgan fingerprint density at radius 1 is 1.19 bits per heavy atom. The summed E-state index contributed by atoms with van der Waals surface area (Å²) in [6, 6.07) is 7.59. The highest BCUT2D eigenvalue weighted by Crippen LogP contribution is 2.35. The molecule has 1 aromatic rings. The average molecular weight is 382 g/mol. The molecule has 4 atom stereocenters. The average Bonchev–Trinajstić information content (AvgIpc) is 2.81. The van der Waals surface area contributed by atoms with E-state index in [0.29, 0.717) is 22.9 Å². The van der Waals surface area contributed by atoms with Crippen LogP contribution in [0.5, 0.6) is 5.75 Å². The van der Waals surface area contributed by atoms with Crippen molar-refractivity contribution >= 4 is 23.5 Å². The third-order valence-corrected chi connectivity index (χ3v) is 5.38. The predicted octanol–water partition coefficient (Wildman–Crippen LogP) is 2.82. The Balaban J connectivity index is 1.62. The van der Waals surface area contributed by atoms with Gasteiger partial charge >= 0.3 is 11.9 Å². The smallest absolute Gasteiger partial charge is 0.351 e. The second-order valence-corrected chi connectivity index (χ2v) is 7.38. The van der Waals surface area contributed by atoms with Gasteiger partial charge in [0.25, 0.3) is 0 Å². The first kappa shape index (κ1) is 19.0. The molecule has 26 heavy (non-hydrogen) atoms. The van der Waals surface area contributed by atoms with E-state index in [2.05, 4.69) is 11.9 Å². The van der Waals surface area contributed by atoms with Gasteiger partial charge < -0.3 is 19.1 Å². The molecule has 0 N–H and O–H groups in total. The van der Waals surface area contributed by atoms with Gasteiger partial charge in [0.05, 0.1) is 0 Å². The number of nitrogens with zero attached hydrogens (tertiary/aromatic N) is 1. The van der Waals surface area contributed by atoms with Gasteiger partial charge in [-0.05, 0) is 57.0 Å². The fourth-order valence-electron chi connectivity index (χ4n) is 3.72. The lowest BCUT2D eigenvalue weighted by atomic mass is 10.0. The molecule has 1 aromatic carbocycles. The summed E-state index contributed by atoms with van der Waals surface area (Å²) in [6.07, 6.45) is 2.84. The van der Waals surface area contributed by atoms with Gasteiger partial charge in [0.1, 0.15) is 18.5 Å². The summed E-state index contributed by atoms with van der Waals surface area (Å²) in [4.78, 5) is 26.1. The van der Waals surface area contributed by atoms with E-state index in [1.54, 1.807) is 24.3 Å². The lowest BCUT2D eigenvalue weighted by Crippen LogP contribution is -2.45. The van der Waals surface area contributed by atoms with Gasteiger partial charge in [-0.3, -0.25) is 4.79 Å². The summed E-state index contributed by atoms with van der Waals surface area (Å²) in [5, 5.41) is 0.568. The van der Waals surface area contributed by atoms with Crippen molar-refractivity contribution in [3.63, 3.8) is 0 Å². The molecule has 2 aliphatic heterocycles. The van der Waals surface area contributed by atoms with Crippen LogP contribution in [-0.2, 0) is 19.1 Å². The lowest BCUT2D eigenvalue weighted by molar-refractivity contribution is -0.165. The Hall–Kier alpha value is -1.79. The number of esters is 2. The van der Waals surface area contributed by atoms with Crippen LogP contribution in [0.4, 0.5) is 0 Å². The van der Waals surface area contributed by atoms with Crippen LogP contribution in [-0.4, -0.2) is 54.8 Å². The molecule has 0 aliphatic carbocycles. The summed E-state index contributed by atoms with van der Waals surface area (Å²) in [5.74, 6) is -0.512. The molecule has 2 saturated heterocycles. The highest BCUT2D eigenvalue weighted by Gasteiger charge is 2.40. The number of carbonyl (C=O) groups excluding carboxylic acids is 2. The SMILES string of the molecule is CC(=O)OCC(Oc1ccc(Cl)cc1)C(=O)OC1C[C@H]2CC[C@@H](C1)N2C. The van der Waals surface area contributed by atoms with Crippen molar-refractivity contribution in [3.8, 4) is 5.75 Å². The van der Waals surface area contributed by atoms with E-state index < -0.39 is 18.0 Å². The molecule has 142 valence electrons. The zero-order chi connectivity index (χ0) is 18.7. The fraction of sp³-hybridized carbons (Fsp3) is 0.579. The van der Waals surface area contributed by atoms with Crippen LogP contribution in [0.2, 0.25) is 5.02 Å². The highest BCUT2D eigenvalue weighted by atomic mass is 35.5. The Bertz CT molecular complexity index is 636. The van der Waals surface area contributed by atoms with Crippen molar-refractivity contribution in [2.75, 3.05) is 13.7 Å². The van der Waals surface area contributed by atoms with E-state index in [0.717, 1.165) is 25.7 Å². The van der Waals surface area contributed by atoms with E-state index in [1.165, 1.54) is 6.92 Å². The molecule has 0 spiro atoms. The minimum atomic E-state index is -1.00. The van der Waals surface area contributed by atoms with Crippen molar-refractivity contribution in [2.45, 2.75) is 56.9 Å². The van der Waals surface area contributed by atoms with Crippen LogP contribution in [0.1, 0.15) is 32.6 Å². The van der Waals surface area contributed by atoms with E-state index in [-0.39, 0.29) is 12.7 Å². The van der Waals surface area contributed by atoms with Gasteiger partial charge in [-0.2, -0.15) is 0 Å². The summed E-state index contributed by atoms with van der Waals surface area (Å²) in [7, 11) is 2.13. The molecule has 0 aromatic heterocycles. The molecule has 0 saturated carbocycles. The fourth-order valence-corrected chi connectivity index (χ4v) is 3.84. The second kappa shape index (κ2) is 8.27. The summed E-state index contributed by atoms with van der Waals surface area (Å²) < 4.78 is 16.4. The van der Waals surface area contributed by atoms with Crippen molar-refractivity contribution < 1.29 is 23.8 Å². The molecule has 3 rings (SSSR count). The monoisotopic (exact) mass is 381 g/mol. The summed E-state index contributed by atoms with van der Waals surface area (Å²) >= 11 is 5.87. The molecule has 2 fully saturated rings. The standard InChI is InChI=1S/C19H24ClNO5/c1-12(22)24-11-18(25-16-7-3-13(20)4-8-16)19(23)26-17-9-14-5-6-15(10-17)21(14)2/h3-4,7-8,14-15,17-18H,5-6,9-11H2,1-2H3/t14-,15+,17?,18?. The zero-order valence-electron chi connectivity index (χ0n) is 15.0. The first-order chi connectivity index (χ1) is 12.4. The van der Waals surface area contributed by atoms with E-state index in [1.807, 2.05) is 0 Å². The first-order valence-corrected chi connectivity index (χ1v) is 9.28. The number of benzene rings is 1. The highest BCUT2D eigenvalue weighted by molar-refractivity contribution is 6.30. The van der Waals surface area contributed by atoms with Crippen molar-refractivity contribution in [3.05, 3.63) is 29.3 Å². The first-order valence-electron chi connectivity index (χ1n) is 8.90. The molecule has 2 aliphatic rings. The number of hydrogen-bond acceptors (Lipinski definition) is 6. The molecular weight excluding hydrogens is 358 g/mol. The number of rotatable bonds is 6. The molecule has 0 amide bonds. The van der Waals surface area contributed by atoms with Gasteiger partial charge in [-0.25, -0.2) is 4.79 Å². The maximum Gasteiger partial charge on any atom is 0.351 e. The van der Waals surface area contributed by atoms with Crippen LogP contribution in [0.25, 0.3) is 0 Å². The number of fused-ring (bicyclic) bond motifs is 2. The third-order valence-electron chi connectivity index (χ3n) is 5.13. The topological polar surface area (TPSA) is 65.1 Å². The largest absolute Gasteiger partial charge is 0.475 e. The number of ether oxygens (including phenoxy) is 3. The van der Waals surface area contributed by atoms with Crippen LogP contribution in [0.15, 0.2) is 24.3 Å². The van der Waals surface area contributed by atoms with Gasteiger partial charge in [-0.15, -0.1) is 0 Å². The number of hydrogen-bond donors (Lipinski definition) is 0. The molecule has 6 nitrogen and oxygen atoms in total. The molecule has 2 bridgehead atoms. The molecule has 7 heteroatoms. The van der Waals surface area contributed by atoms with Crippen LogP contribution >= 0.6 is 11.6 Å². The number of carbonyl (C=O) groups is 2. The van der Waals surface area contributed by atoms with Gasteiger partial charge in [0, 0.05) is 24.0 Å². The minimum Gasteiger partial charge on any atom is -0.475 e. The molecule has 2 heterocycles. The Kier molecular flexibility index (Phi) is 6.04. The van der Waals surface area contributed by atoms with E-state index >= 15 is 0 Å². The maximum absolute atomic E-state index is 12.6. The quantitative estimate of drug-likeness (QED) is 0.706. The second-order valence-electron chi connectivity index (χ2n) is 6.94. The van der Waals surface area contributed by atoms with Crippen molar-refractivity contribution in [1.29, 1.82) is 0 Å². The lowest BCUT2D eigenvalue weighted by Gasteiger charge is -2.36. The number of halogens is 1. The van der Waals surface area contributed by atoms with Gasteiger partial charge in [-0.1, -0.05) is 11.6 Å². The van der Waals surface area contributed by atoms with E-state index in [9.17, 15) is 9.59 Å². The molecule has 2 unspecified atom stereocenters. The number of piperidine rings is 1. The summed E-state index contributed by atoms with van der Waals surface area (Å²) in [5.41, 5.74) is 0. The van der Waals surface area contributed by atoms with Crippen molar-refractivity contribution in [1.82, 2.24) is 4.90 Å². The maximum atomic E-state index is 12.6. The van der Waals surface area contributed by atoms with Crippen LogP contribution in [0, 0.1) is 0 Å². The Labute approximate surface area is 158 Å². The predicted molar refractivity (Wildman–Crippen MR) is 96.2 cm³/mol. The third kappa shape index (κ3) is 4.68. The minimum absolute atomic E-state index is 0.121. The molecular formula is C19H24ClNO5. The van der Waals surface area contributed by atoms with Crippen LogP contribution in [0.3, 0.4) is 0 Å². The molecule has 0 radical (unpaired) electrons. The van der Waals surface area contributed by atoms with Crippen molar-refractivity contribution in [2.24, 2.45) is 0 Å². The summed E-state index contributed by atoms with van der Waals surface area (Å²) in [6.45, 7) is 1.11. The zero-order valence-corrected chi connectivity index (χ0v) is 15.8. The van der Waals surface area contributed by atoms with E-state index in [4.69, 9.17) is 25.8 Å². The van der Waals surface area contributed by atoms with Gasteiger partial charge in [0.2, 0.25) is 6.10 Å². The Morgan fingerprint density at radius 3 is 2.38 bits per heavy atom. The van der Waals surface area contributed by atoms with Crippen LogP contribution < -0.4 is 4.74 Å². The normalized spacial score (nSPS) is 26.2. The Morgan fingerprint density at radius 2 is 1.81 bits per heavy atom. The van der Waals surface area contributed by atoms with Gasteiger partial charge in [0.15, 0.2) is 0 Å².